The first kappa shape index (κ1) is 17.1. The Kier molecular flexibility index (Phi) is 5.09. The zero-order chi connectivity index (χ0) is 17.8. The van der Waals surface area contributed by atoms with Crippen molar-refractivity contribution in [2.24, 2.45) is 0 Å². The fourth-order valence-electron chi connectivity index (χ4n) is 2.41. The van der Waals surface area contributed by atoms with Gasteiger partial charge >= 0.3 is 0 Å². The molecular weight excluding hydrogens is 382 g/mol. The van der Waals surface area contributed by atoms with Crippen LogP contribution in [0.5, 0.6) is 0 Å². The monoisotopic (exact) mass is 397 g/mol. The average molecular weight is 398 g/mol. The van der Waals surface area contributed by atoms with Crippen LogP contribution in [0.3, 0.4) is 0 Å². The Morgan fingerprint density at radius 2 is 1.80 bits per heavy atom. The first-order chi connectivity index (χ1) is 12.0. The number of nitrogens with one attached hydrogen (secondary N) is 2. The molecule has 3 rings (SSSR count). The number of carbonyl (C=O) groups is 1. The van der Waals surface area contributed by atoms with Crippen LogP contribution in [0.4, 0.5) is 0 Å². The highest BCUT2D eigenvalue weighted by atomic mass is 79.9. The molecule has 126 valence electrons. The molecule has 1 aromatic heterocycles. The molecule has 1 atom stereocenters. The summed E-state index contributed by atoms with van der Waals surface area (Å²) in [6.07, 6.45) is 1.31. The van der Waals surface area contributed by atoms with Crippen LogP contribution >= 0.6 is 15.9 Å². The second kappa shape index (κ2) is 7.44. The molecule has 5 nitrogen and oxygen atoms in total. The summed E-state index contributed by atoms with van der Waals surface area (Å²) in [6, 6.07) is 16.7. The maximum atomic E-state index is 12.4. The van der Waals surface area contributed by atoms with Crippen LogP contribution in [0.25, 0.3) is 11.4 Å². The van der Waals surface area contributed by atoms with Crippen molar-refractivity contribution in [1.82, 2.24) is 15.3 Å². The van der Waals surface area contributed by atoms with Crippen molar-refractivity contribution in [1.29, 1.82) is 0 Å². The van der Waals surface area contributed by atoms with Crippen molar-refractivity contribution in [2.45, 2.75) is 13.0 Å². The second-order valence-corrected chi connectivity index (χ2v) is 6.50. The van der Waals surface area contributed by atoms with Gasteiger partial charge in [0.05, 0.1) is 6.04 Å². The number of hydrogen-bond donors (Lipinski definition) is 2. The molecule has 2 aromatic carbocycles. The first-order valence-corrected chi connectivity index (χ1v) is 8.55. The third-order valence-electron chi connectivity index (χ3n) is 3.81. The second-order valence-electron chi connectivity index (χ2n) is 5.59. The van der Waals surface area contributed by atoms with E-state index in [1.807, 2.05) is 61.5 Å². The van der Waals surface area contributed by atoms with Crippen LogP contribution < -0.4 is 10.9 Å². The minimum Gasteiger partial charge on any atom is -0.345 e. The van der Waals surface area contributed by atoms with Crippen molar-refractivity contribution in [3.63, 3.8) is 0 Å². The van der Waals surface area contributed by atoms with E-state index in [0.29, 0.717) is 5.82 Å². The van der Waals surface area contributed by atoms with Gasteiger partial charge in [-0.05, 0) is 24.6 Å². The Morgan fingerprint density at radius 1 is 1.12 bits per heavy atom. The number of nitrogens with zero attached hydrogens (tertiary/aromatic N) is 1. The van der Waals surface area contributed by atoms with Gasteiger partial charge in [-0.1, -0.05) is 58.4 Å². The molecule has 0 radical (unpaired) electrons. The van der Waals surface area contributed by atoms with E-state index in [2.05, 4.69) is 31.2 Å². The maximum Gasteiger partial charge on any atom is 0.264 e. The average Bonchev–Trinajstić information content (AvgIpc) is 2.62. The van der Waals surface area contributed by atoms with Gasteiger partial charge in [0, 0.05) is 16.2 Å². The standard InChI is InChI=1S/C19H16BrN3O2/c1-12(13-7-9-15(20)10-8-13)22-18(24)16-11-21-17(23-19(16)25)14-5-3-2-4-6-14/h2-12H,1H3,(H,22,24)(H,21,23,25)/t12-/m0/s1. The summed E-state index contributed by atoms with van der Waals surface area (Å²) in [4.78, 5) is 31.5. The summed E-state index contributed by atoms with van der Waals surface area (Å²) in [5.41, 5.74) is 1.26. The topological polar surface area (TPSA) is 74.8 Å². The lowest BCUT2D eigenvalue weighted by Crippen LogP contribution is -2.32. The van der Waals surface area contributed by atoms with E-state index in [9.17, 15) is 9.59 Å². The summed E-state index contributed by atoms with van der Waals surface area (Å²) in [5.74, 6) is -0.0214. The summed E-state index contributed by atoms with van der Waals surface area (Å²) in [6.45, 7) is 1.86. The van der Waals surface area contributed by atoms with Gasteiger partial charge in [0.25, 0.3) is 11.5 Å². The third kappa shape index (κ3) is 4.03. The predicted molar refractivity (Wildman–Crippen MR) is 100 cm³/mol. The number of halogens is 1. The van der Waals surface area contributed by atoms with Crippen LogP contribution in [-0.4, -0.2) is 15.9 Å². The van der Waals surface area contributed by atoms with Crippen LogP contribution in [0.2, 0.25) is 0 Å². The van der Waals surface area contributed by atoms with Gasteiger partial charge in [-0.3, -0.25) is 9.59 Å². The van der Waals surface area contributed by atoms with Crippen molar-refractivity contribution < 1.29 is 4.79 Å². The van der Waals surface area contributed by atoms with Crippen LogP contribution in [0.1, 0.15) is 28.9 Å². The predicted octanol–water partition coefficient (Wildman–Crippen LogP) is 3.69. The van der Waals surface area contributed by atoms with E-state index in [1.54, 1.807) is 0 Å². The lowest BCUT2D eigenvalue weighted by molar-refractivity contribution is 0.0938. The minimum absolute atomic E-state index is 0.0105. The summed E-state index contributed by atoms with van der Waals surface area (Å²) < 4.78 is 0.965. The Bertz CT molecular complexity index is 937. The van der Waals surface area contributed by atoms with Crippen molar-refractivity contribution >= 4 is 21.8 Å². The highest BCUT2D eigenvalue weighted by Gasteiger charge is 2.15. The molecule has 0 aliphatic carbocycles. The van der Waals surface area contributed by atoms with Gasteiger partial charge in [0.1, 0.15) is 11.4 Å². The van der Waals surface area contributed by atoms with E-state index in [-0.39, 0.29) is 11.6 Å². The molecule has 3 aromatic rings. The SMILES string of the molecule is C[C@H](NC(=O)c1cnc(-c2ccccc2)[nH]c1=O)c1ccc(Br)cc1. The molecule has 1 amide bonds. The van der Waals surface area contributed by atoms with Crippen molar-refractivity contribution in [3.8, 4) is 11.4 Å². The normalized spacial score (nSPS) is 11.8. The Balaban J connectivity index is 1.78. The molecule has 6 heteroatoms. The maximum absolute atomic E-state index is 12.4. The summed E-state index contributed by atoms with van der Waals surface area (Å²) >= 11 is 3.38. The Labute approximate surface area is 153 Å². The third-order valence-corrected chi connectivity index (χ3v) is 4.34. The van der Waals surface area contributed by atoms with E-state index in [4.69, 9.17) is 0 Å². The van der Waals surface area contributed by atoms with Crippen molar-refractivity contribution in [3.05, 3.63) is 86.7 Å². The van der Waals surface area contributed by atoms with Crippen LogP contribution in [0.15, 0.2) is 70.1 Å². The summed E-state index contributed by atoms with van der Waals surface area (Å²) in [5, 5.41) is 2.82. The number of aromatic nitrogens is 2. The molecule has 0 unspecified atom stereocenters. The molecule has 0 saturated heterocycles. The van der Waals surface area contributed by atoms with Gasteiger partial charge in [0.15, 0.2) is 0 Å². The number of amides is 1. The van der Waals surface area contributed by atoms with E-state index < -0.39 is 11.5 Å². The molecule has 25 heavy (non-hydrogen) atoms. The van der Waals surface area contributed by atoms with Gasteiger partial charge in [0.2, 0.25) is 0 Å². The minimum atomic E-state index is -0.464. The zero-order valence-electron chi connectivity index (χ0n) is 13.5. The highest BCUT2D eigenvalue weighted by Crippen LogP contribution is 2.17. The lowest BCUT2D eigenvalue weighted by Gasteiger charge is -2.14. The van der Waals surface area contributed by atoms with E-state index in [0.717, 1.165) is 15.6 Å². The summed E-state index contributed by atoms with van der Waals surface area (Å²) in [7, 11) is 0. The van der Waals surface area contributed by atoms with E-state index in [1.165, 1.54) is 6.20 Å². The van der Waals surface area contributed by atoms with E-state index >= 15 is 0 Å². The Morgan fingerprint density at radius 3 is 2.44 bits per heavy atom. The molecule has 1 heterocycles. The van der Waals surface area contributed by atoms with Gasteiger partial charge in [-0.25, -0.2) is 4.98 Å². The number of aromatic amines is 1. The number of carbonyl (C=O) groups excluding carboxylic acids is 1. The highest BCUT2D eigenvalue weighted by molar-refractivity contribution is 9.10. The molecule has 0 aliphatic rings. The first-order valence-electron chi connectivity index (χ1n) is 7.75. The molecule has 0 saturated carbocycles. The number of H-pyrrole nitrogens is 1. The van der Waals surface area contributed by atoms with Gasteiger partial charge < -0.3 is 10.3 Å². The van der Waals surface area contributed by atoms with Crippen LogP contribution in [0, 0.1) is 0 Å². The van der Waals surface area contributed by atoms with Crippen molar-refractivity contribution in [2.75, 3.05) is 0 Å². The largest absolute Gasteiger partial charge is 0.345 e. The zero-order valence-corrected chi connectivity index (χ0v) is 15.1. The lowest BCUT2D eigenvalue weighted by atomic mass is 10.1. The quantitative estimate of drug-likeness (QED) is 0.704. The molecule has 2 N–H and O–H groups in total. The number of hydrogen-bond acceptors (Lipinski definition) is 3. The molecule has 0 fully saturated rings. The smallest absolute Gasteiger partial charge is 0.264 e. The molecule has 0 bridgehead atoms. The molecule has 0 spiro atoms. The van der Waals surface area contributed by atoms with Crippen LogP contribution in [-0.2, 0) is 0 Å². The van der Waals surface area contributed by atoms with Gasteiger partial charge in [-0.15, -0.1) is 0 Å². The van der Waals surface area contributed by atoms with Gasteiger partial charge in [-0.2, -0.15) is 0 Å². The fraction of sp³-hybridized carbons (Fsp3) is 0.105. The molecular formula is C19H16BrN3O2. The molecule has 0 aliphatic heterocycles. The number of benzene rings is 2. The Hall–Kier alpha value is -2.73. The number of rotatable bonds is 4. The fourth-order valence-corrected chi connectivity index (χ4v) is 2.67.